The molecule has 0 fully saturated rings. The van der Waals surface area contributed by atoms with Crippen molar-refractivity contribution in [2.45, 2.75) is 115 Å². The minimum atomic E-state index is -2.35. The average Bonchev–Trinajstić information content (AvgIpc) is 2.63. The van der Waals surface area contributed by atoms with Crippen molar-refractivity contribution in [1.82, 2.24) is 0 Å². The van der Waals surface area contributed by atoms with Crippen LogP contribution in [-0.2, 0) is 26.6 Å². The van der Waals surface area contributed by atoms with Gasteiger partial charge in [-0.25, -0.2) is 0 Å². The Morgan fingerprint density at radius 3 is 0.800 bits per heavy atom. The summed E-state index contributed by atoms with van der Waals surface area (Å²) in [5.41, 5.74) is 0.896. The van der Waals surface area contributed by atoms with E-state index < -0.39 is 25.7 Å². The zero-order valence-electron chi connectivity index (χ0n) is 25.6. The summed E-state index contributed by atoms with van der Waals surface area (Å²) in [5.74, 6) is 0. The highest BCUT2D eigenvalue weighted by molar-refractivity contribution is 6.71. The van der Waals surface area contributed by atoms with E-state index in [2.05, 4.69) is 82.0 Å². The first kappa shape index (κ1) is 45.3. The van der Waals surface area contributed by atoms with Gasteiger partial charge in [-0.15, -0.1) is 0 Å². The molecule has 0 aliphatic heterocycles. The predicted octanol–water partition coefficient (Wildman–Crippen LogP) is 8.46. The molecule has 0 unspecified atom stereocenters. The predicted molar refractivity (Wildman–Crippen MR) is 163 cm³/mol. The van der Waals surface area contributed by atoms with E-state index in [0.29, 0.717) is 10.8 Å². The van der Waals surface area contributed by atoms with E-state index in [0.717, 1.165) is 12.1 Å². The summed E-state index contributed by atoms with van der Waals surface area (Å²) in [6, 6.07) is 3.10. The van der Waals surface area contributed by atoms with Crippen molar-refractivity contribution in [3.8, 4) is 0 Å². The van der Waals surface area contributed by atoms with E-state index in [1.165, 1.54) is 6.04 Å². The van der Waals surface area contributed by atoms with Gasteiger partial charge in [0, 0.05) is 48.7 Å². The molecule has 0 aromatic carbocycles. The smallest absolute Gasteiger partial charge is 0.420 e. The second-order valence-electron chi connectivity index (χ2n) is 13.0. The molecule has 0 saturated heterocycles. The molecule has 0 aliphatic rings. The lowest BCUT2D eigenvalue weighted by Gasteiger charge is -2.30. The molecule has 0 N–H and O–H groups in total. The van der Waals surface area contributed by atoms with Crippen LogP contribution in [0.3, 0.4) is 0 Å². The molecule has 0 rings (SSSR count). The molecular weight excluding hydrogens is 493 g/mol. The maximum Gasteiger partial charge on any atom is 0.500 e. The van der Waals surface area contributed by atoms with Gasteiger partial charge in [0.15, 0.2) is 8.32 Å². The first-order valence-electron chi connectivity index (χ1n) is 11.8. The van der Waals surface area contributed by atoms with Crippen LogP contribution in [0.15, 0.2) is 0 Å². The molecule has 220 valence electrons. The second-order valence-corrected chi connectivity index (χ2v) is 23.7. The van der Waals surface area contributed by atoms with Crippen LogP contribution in [0, 0.1) is 16.2 Å². The van der Waals surface area contributed by atoms with Gasteiger partial charge in [0.05, 0.1) is 0 Å². The molecule has 0 aliphatic carbocycles. The molecule has 0 saturated carbocycles. The summed E-state index contributed by atoms with van der Waals surface area (Å²) in [7, 11) is 4.74. The van der Waals surface area contributed by atoms with Crippen LogP contribution in [0.4, 0.5) is 0 Å². The highest BCUT2D eigenvalue weighted by atomic mass is 28.4. The van der Waals surface area contributed by atoms with Gasteiger partial charge in [-0.3, -0.25) is 0 Å². The fourth-order valence-corrected chi connectivity index (χ4v) is 11.0. The Morgan fingerprint density at radius 2 is 0.714 bits per heavy atom. The van der Waals surface area contributed by atoms with Gasteiger partial charge in [0.1, 0.15) is 0 Å². The summed E-state index contributed by atoms with van der Waals surface area (Å²) < 4.78 is 32.1. The lowest BCUT2D eigenvalue weighted by Crippen LogP contribution is -2.45. The van der Waals surface area contributed by atoms with Crippen molar-refractivity contribution >= 4 is 25.7 Å². The Bertz CT molecular complexity index is 479. The molecule has 9 heteroatoms. The van der Waals surface area contributed by atoms with Crippen molar-refractivity contribution < 1.29 is 26.6 Å². The van der Waals surface area contributed by atoms with Crippen molar-refractivity contribution in [3.05, 3.63) is 0 Å². The fraction of sp³-hybridized carbons (Fsp3) is 1.00. The van der Waals surface area contributed by atoms with Gasteiger partial charge in [-0.2, -0.15) is 0 Å². The molecule has 0 heterocycles. The zero-order valence-corrected chi connectivity index (χ0v) is 28.6. The van der Waals surface area contributed by atoms with Crippen LogP contribution >= 0.6 is 0 Å². The van der Waals surface area contributed by atoms with Crippen molar-refractivity contribution in [3.63, 3.8) is 0 Å². The van der Waals surface area contributed by atoms with E-state index in [-0.39, 0.29) is 20.3 Å². The van der Waals surface area contributed by atoms with Crippen LogP contribution < -0.4 is 0 Å². The van der Waals surface area contributed by atoms with Gasteiger partial charge < -0.3 is 26.6 Å². The zero-order chi connectivity index (χ0) is 27.4. The molecule has 0 aromatic heterocycles. The minimum Gasteiger partial charge on any atom is -0.420 e. The Morgan fingerprint density at radius 1 is 0.429 bits per heavy atom. The van der Waals surface area contributed by atoms with Gasteiger partial charge in [-0.1, -0.05) is 77.2 Å². The van der Waals surface area contributed by atoms with E-state index in [4.69, 9.17) is 26.6 Å². The molecule has 6 nitrogen and oxygen atoms in total. The third-order valence-electron chi connectivity index (χ3n) is 4.90. The Balaban J connectivity index is -0.000000125. The molecule has 35 heavy (non-hydrogen) atoms. The SMILES string of the molecule is C.C.CO[Si](C)(C)CC(C)(C)C.CO[Si](C)(CC(C)(C)C)OC.CO[Si](CC(C)(C)C)(OC)OC. The van der Waals surface area contributed by atoms with E-state index in [1.54, 1.807) is 35.5 Å². The standard InChI is InChI=1S/C8H20O3Si.C8H20O2Si.C8H20OSi.2CH4/c1-8(2,3)7-12(9-4,10-5)11-6;1-8(2,3)7-11(6,9-4)10-5;1-8(2,3)7-10(5,6)9-4;;/h7H2,1-6H3;7H2,1-6H3;7H2,1-6H3;2*1H4. The second kappa shape index (κ2) is 18.6. The van der Waals surface area contributed by atoms with Crippen molar-refractivity contribution in [1.29, 1.82) is 0 Å². The van der Waals surface area contributed by atoms with Crippen LogP contribution in [0.1, 0.15) is 77.2 Å². The van der Waals surface area contributed by atoms with E-state index >= 15 is 0 Å². The molecule has 0 aromatic rings. The maximum atomic E-state index is 5.45. The van der Waals surface area contributed by atoms with Crippen LogP contribution in [0.5, 0.6) is 0 Å². The van der Waals surface area contributed by atoms with Gasteiger partial charge in [0.25, 0.3) is 0 Å². The highest BCUT2D eigenvalue weighted by Gasteiger charge is 2.41. The summed E-state index contributed by atoms with van der Waals surface area (Å²) in [5, 5.41) is 0. The number of hydrogen-bond donors (Lipinski definition) is 0. The normalized spacial score (nSPS) is 12.9. The molecule has 0 spiro atoms. The summed E-state index contributed by atoms with van der Waals surface area (Å²) in [6.07, 6.45) is 0. The van der Waals surface area contributed by atoms with Crippen LogP contribution in [0.25, 0.3) is 0 Å². The van der Waals surface area contributed by atoms with E-state index in [9.17, 15) is 0 Å². The first-order valence-corrected chi connectivity index (χ1v) is 19.4. The van der Waals surface area contributed by atoms with Crippen molar-refractivity contribution in [2.24, 2.45) is 16.2 Å². The number of hydrogen-bond acceptors (Lipinski definition) is 6. The lowest BCUT2D eigenvalue weighted by molar-refractivity contribution is 0.112. The summed E-state index contributed by atoms with van der Waals surface area (Å²) in [4.78, 5) is 0. The highest BCUT2D eigenvalue weighted by Crippen LogP contribution is 2.29. The van der Waals surface area contributed by atoms with Crippen LogP contribution in [0.2, 0.25) is 37.8 Å². The van der Waals surface area contributed by atoms with Gasteiger partial charge in [-0.05, 0) is 48.0 Å². The Hall–Kier alpha value is 0.411. The topological polar surface area (TPSA) is 55.4 Å². The quantitative estimate of drug-likeness (QED) is 0.264. The molecule has 0 amide bonds. The van der Waals surface area contributed by atoms with Crippen molar-refractivity contribution in [2.75, 3.05) is 42.7 Å². The first-order chi connectivity index (χ1) is 14.5. The third kappa shape index (κ3) is 27.3. The van der Waals surface area contributed by atoms with Gasteiger partial charge in [0.2, 0.25) is 0 Å². The molecular formula is C26H68O6Si3. The van der Waals surface area contributed by atoms with E-state index in [1.807, 2.05) is 7.11 Å². The molecule has 0 atom stereocenters. The van der Waals surface area contributed by atoms with Gasteiger partial charge >= 0.3 is 17.4 Å². The number of rotatable bonds is 9. The summed E-state index contributed by atoms with van der Waals surface area (Å²) >= 11 is 0. The largest absolute Gasteiger partial charge is 0.500 e. The monoisotopic (exact) mass is 560 g/mol. The summed E-state index contributed by atoms with van der Waals surface area (Å²) in [6.45, 7) is 26.5. The Kier molecular flexibility index (Phi) is 24.1. The molecule has 0 radical (unpaired) electrons. The minimum absolute atomic E-state index is 0. The third-order valence-corrected chi connectivity index (χ3v) is 14.7. The lowest BCUT2D eigenvalue weighted by atomic mass is 10.0. The fourth-order valence-electron chi connectivity index (χ4n) is 3.66. The molecule has 0 bridgehead atoms. The Labute approximate surface area is 225 Å². The maximum absolute atomic E-state index is 5.45. The average molecular weight is 561 g/mol. The van der Waals surface area contributed by atoms with Crippen LogP contribution in [-0.4, -0.2) is 68.3 Å².